The maximum Gasteiger partial charge on any atom is 0.227 e. The van der Waals surface area contributed by atoms with Gasteiger partial charge in [-0.3, -0.25) is 4.98 Å². The Kier molecular flexibility index (Phi) is 3.49. The Bertz CT molecular complexity index is 494. The summed E-state index contributed by atoms with van der Waals surface area (Å²) >= 11 is 0. The van der Waals surface area contributed by atoms with Crippen LogP contribution in [0.3, 0.4) is 0 Å². The second-order valence-corrected chi connectivity index (χ2v) is 4.07. The van der Waals surface area contributed by atoms with Gasteiger partial charge in [0.1, 0.15) is 5.69 Å². The summed E-state index contributed by atoms with van der Waals surface area (Å²) in [4.78, 5) is 8.48. The van der Waals surface area contributed by atoms with E-state index in [-0.39, 0.29) is 6.10 Å². The maximum absolute atomic E-state index is 9.18. The zero-order valence-electron chi connectivity index (χ0n) is 9.92. The smallest absolute Gasteiger partial charge is 0.227 e. The van der Waals surface area contributed by atoms with Gasteiger partial charge in [0.25, 0.3) is 0 Å². The van der Waals surface area contributed by atoms with Gasteiger partial charge in [-0.2, -0.15) is 4.98 Å². The van der Waals surface area contributed by atoms with E-state index in [1.807, 2.05) is 19.1 Å². The van der Waals surface area contributed by atoms with E-state index in [4.69, 9.17) is 4.52 Å². The monoisotopic (exact) mass is 233 g/mol. The molecule has 0 bridgehead atoms. The van der Waals surface area contributed by atoms with Crippen molar-refractivity contribution in [2.75, 3.05) is 0 Å². The molecule has 2 aromatic heterocycles. The van der Waals surface area contributed by atoms with Crippen molar-refractivity contribution in [3.8, 4) is 11.5 Å². The quantitative estimate of drug-likeness (QED) is 0.871. The number of aliphatic hydroxyl groups excluding tert-OH is 1. The van der Waals surface area contributed by atoms with Gasteiger partial charge in [-0.15, -0.1) is 0 Å². The topological polar surface area (TPSA) is 72.0 Å². The van der Waals surface area contributed by atoms with Crippen LogP contribution in [0.25, 0.3) is 11.5 Å². The third kappa shape index (κ3) is 2.88. The highest BCUT2D eigenvalue weighted by Crippen LogP contribution is 2.17. The lowest BCUT2D eigenvalue weighted by atomic mass is 10.2. The first-order chi connectivity index (χ1) is 8.16. The number of aryl methyl sites for hydroxylation is 2. The Morgan fingerprint density at radius 1 is 1.47 bits per heavy atom. The number of pyridine rings is 1. The molecule has 2 rings (SSSR count). The van der Waals surface area contributed by atoms with Crippen LogP contribution in [-0.2, 0) is 6.42 Å². The molecule has 1 unspecified atom stereocenters. The third-order valence-electron chi connectivity index (χ3n) is 2.47. The van der Waals surface area contributed by atoms with Gasteiger partial charge < -0.3 is 9.63 Å². The van der Waals surface area contributed by atoms with Gasteiger partial charge in [-0.05, 0) is 31.9 Å². The molecule has 0 aromatic carbocycles. The van der Waals surface area contributed by atoms with E-state index in [2.05, 4.69) is 15.1 Å². The van der Waals surface area contributed by atoms with Gasteiger partial charge in [-0.25, -0.2) is 0 Å². The second kappa shape index (κ2) is 5.05. The molecule has 17 heavy (non-hydrogen) atoms. The normalized spacial score (nSPS) is 12.6. The lowest BCUT2D eigenvalue weighted by Crippen LogP contribution is -2.01. The fourth-order valence-corrected chi connectivity index (χ4v) is 1.50. The molecule has 0 saturated heterocycles. The van der Waals surface area contributed by atoms with Crippen LogP contribution in [0.4, 0.5) is 0 Å². The van der Waals surface area contributed by atoms with Gasteiger partial charge >= 0.3 is 0 Å². The van der Waals surface area contributed by atoms with Crippen molar-refractivity contribution in [1.82, 2.24) is 15.1 Å². The van der Waals surface area contributed by atoms with Crippen LogP contribution < -0.4 is 0 Å². The highest BCUT2D eigenvalue weighted by atomic mass is 16.5. The van der Waals surface area contributed by atoms with Gasteiger partial charge in [0.05, 0.1) is 6.10 Å². The average molecular weight is 233 g/mol. The Labute approximate surface area is 99.5 Å². The van der Waals surface area contributed by atoms with E-state index >= 15 is 0 Å². The van der Waals surface area contributed by atoms with Crippen LogP contribution in [0.1, 0.15) is 24.8 Å². The van der Waals surface area contributed by atoms with Crippen LogP contribution in [0, 0.1) is 6.92 Å². The predicted molar refractivity (Wildman–Crippen MR) is 62.3 cm³/mol. The van der Waals surface area contributed by atoms with Crippen LogP contribution in [0.5, 0.6) is 0 Å². The van der Waals surface area contributed by atoms with E-state index in [0.717, 1.165) is 11.3 Å². The predicted octanol–water partition coefficient (Wildman–Crippen LogP) is 1.75. The fraction of sp³-hybridized carbons (Fsp3) is 0.417. The van der Waals surface area contributed by atoms with Crippen molar-refractivity contribution >= 4 is 0 Å². The van der Waals surface area contributed by atoms with Crippen LogP contribution in [-0.4, -0.2) is 26.3 Å². The summed E-state index contributed by atoms with van der Waals surface area (Å²) in [7, 11) is 0. The van der Waals surface area contributed by atoms with Gasteiger partial charge in [0, 0.05) is 12.6 Å². The van der Waals surface area contributed by atoms with Crippen LogP contribution >= 0.6 is 0 Å². The fourth-order valence-electron chi connectivity index (χ4n) is 1.50. The summed E-state index contributed by atoms with van der Waals surface area (Å²) in [6.45, 7) is 3.69. The van der Waals surface area contributed by atoms with Crippen molar-refractivity contribution in [3.63, 3.8) is 0 Å². The van der Waals surface area contributed by atoms with Gasteiger partial charge in [0.15, 0.2) is 0 Å². The summed E-state index contributed by atoms with van der Waals surface area (Å²) in [5.74, 6) is 1.04. The largest absolute Gasteiger partial charge is 0.393 e. The minimum atomic E-state index is -0.359. The molecule has 0 aliphatic carbocycles. The molecular formula is C12H15N3O2. The summed E-state index contributed by atoms with van der Waals surface area (Å²) in [5.41, 5.74) is 1.75. The molecule has 0 spiro atoms. The minimum absolute atomic E-state index is 0.359. The molecule has 2 heterocycles. The molecule has 5 nitrogen and oxygen atoms in total. The highest BCUT2D eigenvalue weighted by Gasteiger charge is 2.12. The van der Waals surface area contributed by atoms with Crippen molar-refractivity contribution in [3.05, 3.63) is 29.8 Å². The molecule has 1 atom stereocenters. The molecule has 2 aromatic rings. The van der Waals surface area contributed by atoms with Gasteiger partial charge in [-0.1, -0.05) is 11.2 Å². The molecular weight excluding hydrogens is 218 g/mol. The summed E-state index contributed by atoms with van der Waals surface area (Å²) in [6.07, 6.45) is 2.54. The summed E-state index contributed by atoms with van der Waals surface area (Å²) in [5, 5.41) is 13.1. The lowest BCUT2D eigenvalue weighted by Gasteiger charge is -1.98. The molecule has 1 N–H and O–H groups in total. The molecule has 0 fully saturated rings. The second-order valence-electron chi connectivity index (χ2n) is 4.07. The van der Waals surface area contributed by atoms with Gasteiger partial charge in [0.2, 0.25) is 11.7 Å². The minimum Gasteiger partial charge on any atom is -0.393 e. The van der Waals surface area contributed by atoms with Crippen molar-refractivity contribution in [2.24, 2.45) is 0 Å². The van der Waals surface area contributed by atoms with Crippen molar-refractivity contribution in [1.29, 1.82) is 0 Å². The molecule has 90 valence electrons. The zero-order chi connectivity index (χ0) is 12.3. The maximum atomic E-state index is 9.18. The summed E-state index contributed by atoms with van der Waals surface area (Å²) in [6, 6.07) is 3.82. The lowest BCUT2D eigenvalue weighted by molar-refractivity contribution is 0.180. The first kappa shape index (κ1) is 11.7. The third-order valence-corrected chi connectivity index (χ3v) is 2.47. The molecule has 0 saturated carbocycles. The van der Waals surface area contributed by atoms with E-state index in [0.29, 0.717) is 24.6 Å². The van der Waals surface area contributed by atoms with E-state index in [9.17, 15) is 5.11 Å². The molecule has 0 aliphatic heterocycles. The Hall–Kier alpha value is -1.75. The van der Waals surface area contributed by atoms with Crippen LogP contribution in [0.15, 0.2) is 22.9 Å². The first-order valence-electron chi connectivity index (χ1n) is 5.59. The number of hydrogen-bond donors (Lipinski definition) is 1. The number of aliphatic hydroxyl groups is 1. The standard InChI is InChI=1S/C12H15N3O2/c1-8-4-3-7-13-11(8)12-14-10(17-15-12)6-5-9(2)16/h3-4,7,9,16H,5-6H2,1-2H3. The van der Waals surface area contributed by atoms with E-state index in [1.165, 1.54) is 0 Å². The van der Waals surface area contributed by atoms with Crippen molar-refractivity contribution in [2.45, 2.75) is 32.8 Å². The first-order valence-corrected chi connectivity index (χ1v) is 5.59. The number of aromatic nitrogens is 3. The molecule has 0 amide bonds. The average Bonchev–Trinajstić information content (AvgIpc) is 2.75. The summed E-state index contributed by atoms with van der Waals surface area (Å²) < 4.78 is 5.11. The van der Waals surface area contributed by atoms with E-state index < -0.39 is 0 Å². The number of rotatable bonds is 4. The number of hydrogen-bond acceptors (Lipinski definition) is 5. The Balaban J connectivity index is 2.16. The SMILES string of the molecule is Cc1cccnc1-c1noc(CCC(C)O)n1. The zero-order valence-corrected chi connectivity index (χ0v) is 9.92. The Morgan fingerprint density at radius 3 is 3.00 bits per heavy atom. The van der Waals surface area contributed by atoms with Crippen molar-refractivity contribution < 1.29 is 9.63 Å². The Morgan fingerprint density at radius 2 is 2.29 bits per heavy atom. The molecule has 0 aliphatic rings. The highest BCUT2D eigenvalue weighted by molar-refractivity contribution is 5.52. The van der Waals surface area contributed by atoms with E-state index in [1.54, 1.807) is 13.1 Å². The van der Waals surface area contributed by atoms with Crippen LogP contribution in [0.2, 0.25) is 0 Å². The molecule has 5 heteroatoms. The number of nitrogens with zero attached hydrogens (tertiary/aromatic N) is 3. The molecule has 0 radical (unpaired) electrons.